The molecule has 1 aliphatic heterocycles. The highest BCUT2D eigenvalue weighted by Gasteiger charge is 2.26. The molecule has 2 heterocycles. The van der Waals surface area contributed by atoms with Crippen molar-refractivity contribution in [2.75, 3.05) is 26.2 Å². The first kappa shape index (κ1) is 18.4. The van der Waals surface area contributed by atoms with Crippen LogP contribution in [0.1, 0.15) is 49.9 Å². The number of benzene rings is 1. The standard InChI is InChI=1S/C20H28N4O2/c1-13(2)19(25)22-8-10-23(11-9-22)20(26)16-6-7-18-17(12-16)21-15(5)24(18)14(3)4/h6-7,12-14H,8-11H2,1-5H3. The van der Waals surface area contributed by atoms with E-state index in [0.29, 0.717) is 37.8 Å². The van der Waals surface area contributed by atoms with Gasteiger partial charge in [-0.2, -0.15) is 0 Å². The van der Waals surface area contributed by atoms with Gasteiger partial charge in [0.2, 0.25) is 5.91 Å². The van der Waals surface area contributed by atoms with Crippen LogP contribution in [-0.4, -0.2) is 57.3 Å². The lowest BCUT2D eigenvalue weighted by Gasteiger charge is -2.35. The Kier molecular flexibility index (Phi) is 5.03. The van der Waals surface area contributed by atoms with Gasteiger partial charge >= 0.3 is 0 Å². The normalized spacial score (nSPS) is 15.3. The maximum Gasteiger partial charge on any atom is 0.254 e. The van der Waals surface area contributed by atoms with Crippen LogP contribution in [-0.2, 0) is 4.79 Å². The third kappa shape index (κ3) is 3.32. The third-order valence-electron chi connectivity index (χ3n) is 5.00. The lowest BCUT2D eigenvalue weighted by molar-refractivity contribution is -0.135. The molecule has 0 aliphatic carbocycles. The van der Waals surface area contributed by atoms with Gasteiger partial charge in [-0.3, -0.25) is 9.59 Å². The fourth-order valence-electron chi connectivity index (χ4n) is 3.68. The first-order valence-corrected chi connectivity index (χ1v) is 9.36. The van der Waals surface area contributed by atoms with Crippen LogP contribution in [0.5, 0.6) is 0 Å². The molecule has 0 atom stereocenters. The average molecular weight is 356 g/mol. The summed E-state index contributed by atoms with van der Waals surface area (Å²) >= 11 is 0. The molecule has 0 spiro atoms. The molecule has 1 aliphatic rings. The number of carbonyl (C=O) groups is 2. The highest BCUT2D eigenvalue weighted by atomic mass is 16.2. The zero-order chi connectivity index (χ0) is 19.0. The molecule has 0 bridgehead atoms. The molecule has 2 aromatic rings. The van der Waals surface area contributed by atoms with Crippen molar-refractivity contribution < 1.29 is 9.59 Å². The molecule has 2 amide bonds. The smallest absolute Gasteiger partial charge is 0.254 e. The monoisotopic (exact) mass is 356 g/mol. The molecule has 6 nitrogen and oxygen atoms in total. The van der Waals surface area contributed by atoms with Gasteiger partial charge in [-0.05, 0) is 39.0 Å². The number of hydrogen-bond acceptors (Lipinski definition) is 3. The van der Waals surface area contributed by atoms with E-state index in [1.165, 1.54) is 0 Å². The van der Waals surface area contributed by atoms with E-state index in [-0.39, 0.29) is 17.7 Å². The summed E-state index contributed by atoms with van der Waals surface area (Å²) < 4.78 is 2.18. The topological polar surface area (TPSA) is 58.4 Å². The SMILES string of the molecule is Cc1nc2cc(C(=O)N3CCN(C(=O)C(C)C)CC3)ccc2n1C(C)C. The Morgan fingerprint density at radius 3 is 2.19 bits per heavy atom. The number of piperazine rings is 1. The first-order valence-electron chi connectivity index (χ1n) is 9.36. The third-order valence-corrected chi connectivity index (χ3v) is 5.00. The first-order chi connectivity index (χ1) is 12.3. The van der Waals surface area contributed by atoms with Gasteiger partial charge in [0.05, 0.1) is 11.0 Å². The van der Waals surface area contributed by atoms with E-state index in [1.54, 1.807) is 0 Å². The van der Waals surface area contributed by atoms with Gasteiger partial charge in [0.1, 0.15) is 5.82 Å². The second-order valence-corrected chi connectivity index (χ2v) is 7.60. The summed E-state index contributed by atoms with van der Waals surface area (Å²) in [7, 11) is 0. The van der Waals surface area contributed by atoms with Crippen LogP contribution in [0.25, 0.3) is 11.0 Å². The van der Waals surface area contributed by atoms with E-state index < -0.39 is 0 Å². The van der Waals surface area contributed by atoms with Crippen LogP contribution in [0.3, 0.4) is 0 Å². The van der Waals surface area contributed by atoms with E-state index in [9.17, 15) is 9.59 Å². The van der Waals surface area contributed by atoms with Crippen LogP contribution in [0.4, 0.5) is 0 Å². The summed E-state index contributed by atoms with van der Waals surface area (Å²) in [4.78, 5) is 33.3. The van der Waals surface area contributed by atoms with Crippen molar-refractivity contribution in [3.63, 3.8) is 0 Å². The van der Waals surface area contributed by atoms with Crippen LogP contribution in [0, 0.1) is 12.8 Å². The van der Waals surface area contributed by atoms with Crippen LogP contribution in [0.2, 0.25) is 0 Å². The van der Waals surface area contributed by atoms with Gasteiger partial charge in [0.15, 0.2) is 0 Å². The summed E-state index contributed by atoms with van der Waals surface area (Å²) in [6.07, 6.45) is 0. The Labute approximate surface area is 154 Å². The highest BCUT2D eigenvalue weighted by Crippen LogP contribution is 2.22. The zero-order valence-electron chi connectivity index (χ0n) is 16.3. The molecule has 1 fully saturated rings. The Hall–Kier alpha value is -2.37. The second kappa shape index (κ2) is 7.09. The van der Waals surface area contributed by atoms with Crippen molar-refractivity contribution in [2.24, 2.45) is 5.92 Å². The maximum atomic E-state index is 12.9. The molecule has 0 unspecified atom stereocenters. The fraction of sp³-hybridized carbons (Fsp3) is 0.550. The molecule has 3 rings (SSSR count). The van der Waals surface area contributed by atoms with Crippen LogP contribution < -0.4 is 0 Å². The quantitative estimate of drug-likeness (QED) is 0.850. The molecule has 0 saturated carbocycles. The lowest BCUT2D eigenvalue weighted by atomic mass is 10.1. The molecule has 1 aromatic carbocycles. The van der Waals surface area contributed by atoms with E-state index in [1.807, 2.05) is 48.8 Å². The average Bonchev–Trinajstić information content (AvgIpc) is 2.95. The summed E-state index contributed by atoms with van der Waals surface area (Å²) in [6.45, 7) is 12.4. The van der Waals surface area contributed by atoms with E-state index in [2.05, 4.69) is 23.4 Å². The number of imidazole rings is 1. The summed E-state index contributed by atoms with van der Waals surface area (Å²) in [5.41, 5.74) is 2.58. The molecule has 6 heteroatoms. The fourth-order valence-corrected chi connectivity index (χ4v) is 3.68. The number of fused-ring (bicyclic) bond motifs is 1. The summed E-state index contributed by atoms with van der Waals surface area (Å²) in [6, 6.07) is 6.08. The Morgan fingerprint density at radius 2 is 1.62 bits per heavy atom. The highest BCUT2D eigenvalue weighted by molar-refractivity contribution is 5.97. The number of amides is 2. The molecule has 1 saturated heterocycles. The van der Waals surface area contributed by atoms with Crippen molar-refractivity contribution in [2.45, 2.75) is 40.7 Å². The number of nitrogens with zero attached hydrogens (tertiary/aromatic N) is 4. The van der Waals surface area contributed by atoms with Gasteiger partial charge in [-0.25, -0.2) is 4.98 Å². The number of hydrogen-bond donors (Lipinski definition) is 0. The minimum atomic E-state index is -0.000957. The zero-order valence-corrected chi connectivity index (χ0v) is 16.3. The van der Waals surface area contributed by atoms with Crippen LogP contribution >= 0.6 is 0 Å². The van der Waals surface area contributed by atoms with Crippen molar-refractivity contribution in [3.8, 4) is 0 Å². The maximum absolute atomic E-state index is 12.9. The van der Waals surface area contributed by atoms with Gasteiger partial charge in [-0.15, -0.1) is 0 Å². The Bertz CT molecular complexity index is 830. The number of aromatic nitrogens is 2. The minimum absolute atomic E-state index is 0.000957. The van der Waals surface area contributed by atoms with Crippen molar-refractivity contribution in [1.82, 2.24) is 19.4 Å². The van der Waals surface area contributed by atoms with Gasteiger partial charge in [0, 0.05) is 43.7 Å². The summed E-state index contributed by atoms with van der Waals surface area (Å²) in [5.74, 6) is 1.13. The Morgan fingerprint density at radius 1 is 1.00 bits per heavy atom. The molecular weight excluding hydrogens is 328 g/mol. The molecular formula is C20H28N4O2. The van der Waals surface area contributed by atoms with Gasteiger partial charge in [0.25, 0.3) is 5.91 Å². The number of rotatable bonds is 3. The predicted molar refractivity (Wildman–Crippen MR) is 102 cm³/mol. The van der Waals surface area contributed by atoms with Gasteiger partial charge in [-0.1, -0.05) is 13.8 Å². The summed E-state index contributed by atoms with van der Waals surface area (Å²) in [5, 5.41) is 0. The molecule has 140 valence electrons. The number of aryl methyl sites for hydroxylation is 1. The molecule has 1 aromatic heterocycles. The van der Waals surface area contributed by atoms with Crippen molar-refractivity contribution in [3.05, 3.63) is 29.6 Å². The largest absolute Gasteiger partial charge is 0.339 e. The molecule has 26 heavy (non-hydrogen) atoms. The van der Waals surface area contributed by atoms with E-state index >= 15 is 0 Å². The minimum Gasteiger partial charge on any atom is -0.339 e. The van der Waals surface area contributed by atoms with E-state index in [4.69, 9.17) is 0 Å². The molecule has 0 N–H and O–H groups in total. The second-order valence-electron chi connectivity index (χ2n) is 7.60. The predicted octanol–water partition coefficient (Wildman–Crippen LogP) is 2.87. The molecule has 0 radical (unpaired) electrons. The Balaban J connectivity index is 1.76. The van der Waals surface area contributed by atoms with Crippen molar-refractivity contribution in [1.29, 1.82) is 0 Å². The van der Waals surface area contributed by atoms with E-state index in [0.717, 1.165) is 16.9 Å². The number of carbonyl (C=O) groups excluding carboxylic acids is 2. The lowest BCUT2D eigenvalue weighted by Crippen LogP contribution is -2.51. The van der Waals surface area contributed by atoms with Crippen molar-refractivity contribution >= 4 is 22.8 Å². The van der Waals surface area contributed by atoms with Crippen LogP contribution in [0.15, 0.2) is 18.2 Å². The van der Waals surface area contributed by atoms with Gasteiger partial charge < -0.3 is 14.4 Å².